The third kappa shape index (κ3) is 4.51. The summed E-state index contributed by atoms with van der Waals surface area (Å²) >= 11 is 0. The number of hydrogen-bond acceptors (Lipinski definition) is 6. The smallest absolute Gasteiger partial charge is 0.322 e. The molecule has 1 fully saturated rings. The van der Waals surface area contributed by atoms with Crippen LogP contribution in [-0.2, 0) is 0 Å². The number of anilines is 2. The molecule has 0 aliphatic heterocycles. The molecular weight excluding hydrogens is 254 g/mol. The van der Waals surface area contributed by atoms with Crippen LogP contribution in [-0.4, -0.2) is 34.6 Å². The lowest BCUT2D eigenvalue weighted by molar-refractivity contribution is 0.379. The number of rotatable bonds is 5. The van der Waals surface area contributed by atoms with Crippen LogP contribution in [0.5, 0.6) is 6.01 Å². The first-order valence-corrected chi connectivity index (χ1v) is 7.62. The summed E-state index contributed by atoms with van der Waals surface area (Å²) in [5.41, 5.74) is 0. The van der Waals surface area contributed by atoms with Gasteiger partial charge in [-0.15, -0.1) is 0 Å². The van der Waals surface area contributed by atoms with Crippen LogP contribution in [0.25, 0.3) is 0 Å². The summed E-state index contributed by atoms with van der Waals surface area (Å²) in [4.78, 5) is 12.9. The summed E-state index contributed by atoms with van der Waals surface area (Å²) in [7, 11) is 1.57. The van der Waals surface area contributed by atoms with Crippen LogP contribution in [0.3, 0.4) is 0 Å². The van der Waals surface area contributed by atoms with Gasteiger partial charge >= 0.3 is 6.01 Å². The molecule has 0 spiro atoms. The van der Waals surface area contributed by atoms with Crippen LogP contribution in [0.2, 0.25) is 0 Å². The molecular formula is C14H25N5O. The fourth-order valence-corrected chi connectivity index (χ4v) is 2.53. The molecule has 2 N–H and O–H groups in total. The van der Waals surface area contributed by atoms with Gasteiger partial charge in [-0.2, -0.15) is 15.0 Å². The third-order valence-electron chi connectivity index (χ3n) is 3.57. The van der Waals surface area contributed by atoms with Crippen molar-refractivity contribution in [1.29, 1.82) is 0 Å². The van der Waals surface area contributed by atoms with Crippen molar-refractivity contribution in [2.24, 2.45) is 0 Å². The Morgan fingerprint density at radius 3 is 2.30 bits per heavy atom. The van der Waals surface area contributed by atoms with Crippen LogP contribution in [0.15, 0.2) is 0 Å². The first-order valence-electron chi connectivity index (χ1n) is 7.62. The monoisotopic (exact) mass is 279 g/mol. The van der Waals surface area contributed by atoms with Crippen molar-refractivity contribution in [2.75, 3.05) is 24.3 Å². The summed E-state index contributed by atoms with van der Waals surface area (Å²) in [6, 6.07) is 0.807. The van der Waals surface area contributed by atoms with E-state index in [4.69, 9.17) is 4.74 Å². The van der Waals surface area contributed by atoms with E-state index in [-0.39, 0.29) is 0 Å². The van der Waals surface area contributed by atoms with Gasteiger partial charge in [0.15, 0.2) is 0 Å². The molecule has 0 atom stereocenters. The fraction of sp³-hybridized carbons (Fsp3) is 0.786. The highest BCUT2D eigenvalue weighted by molar-refractivity contribution is 5.36. The van der Waals surface area contributed by atoms with E-state index in [0.29, 0.717) is 23.9 Å². The van der Waals surface area contributed by atoms with Crippen LogP contribution in [0, 0.1) is 0 Å². The molecule has 0 unspecified atom stereocenters. The lowest BCUT2D eigenvalue weighted by Gasteiger charge is -2.21. The minimum atomic E-state index is 0.351. The second kappa shape index (κ2) is 7.87. The molecule has 0 radical (unpaired) electrons. The molecule has 1 aliphatic carbocycles. The maximum atomic E-state index is 5.13. The van der Waals surface area contributed by atoms with Gasteiger partial charge in [0, 0.05) is 12.6 Å². The van der Waals surface area contributed by atoms with E-state index in [9.17, 15) is 0 Å². The minimum Gasteiger partial charge on any atom is -0.467 e. The average Bonchev–Trinajstić information content (AvgIpc) is 2.42. The molecule has 1 aliphatic rings. The molecule has 0 saturated heterocycles. The van der Waals surface area contributed by atoms with E-state index in [0.717, 1.165) is 6.54 Å². The van der Waals surface area contributed by atoms with E-state index >= 15 is 0 Å². The highest BCUT2D eigenvalue weighted by atomic mass is 16.5. The van der Waals surface area contributed by atoms with Crippen molar-refractivity contribution in [3.8, 4) is 6.01 Å². The van der Waals surface area contributed by atoms with E-state index in [1.54, 1.807) is 7.11 Å². The number of aromatic nitrogens is 3. The molecule has 6 heteroatoms. The zero-order valence-electron chi connectivity index (χ0n) is 12.5. The Balaban J connectivity index is 2.04. The van der Waals surface area contributed by atoms with Gasteiger partial charge in [0.25, 0.3) is 0 Å². The second-order valence-corrected chi connectivity index (χ2v) is 5.19. The lowest BCUT2D eigenvalue weighted by atomic mass is 9.97. The molecule has 1 saturated carbocycles. The van der Waals surface area contributed by atoms with Crippen LogP contribution >= 0.6 is 0 Å². The number of ether oxygens (including phenoxy) is 1. The van der Waals surface area contributed by atoms with Crippen LogP contribution < -0.4 is 15.4 Å². The lowest BCUT2D eigenvalue weighted by Crippen LogP contribution is -2.22. The quantitative estimate of drug-likeness (QED) is 0.863. The summed E-state index contributed by atoms with van der Waals surface area (Å²) in [5.74, 6) is 1.17. The molecule has 0 amide bonds. The Kier molecular flexibility index (Phi) is 5.83. The first kappa shape index (κ1) is 14.8. The fourth-order valence-electron chi connectivity index (χ4n) is 2.53. The van der Waals surface area contributed by atoms with Gasteiger partial charge in [-0.25, -0.2) is 0 Å². The van der Waals surface area contributed by atoms with Crippen molar-refractivity contribution in [1.82, 2.24) is 15.0 Å². The van der Waals surface area contributed by atoms with Gasteiger partial charge in [-0.05, 0) is 19.8 Å². The summed E-state index contributed by atoms with van der Waals surface area (Å²) in [5, 5.41) is 6.54. The number of nitrogens with one attached hydrogen (secondary N) is 2. The number of nitrogens with zero attached hydrogens (tertiary/aromatic N) is 3. The Morgan fingerprint density at radius 1 is 1.00 bits per heavy atom. The highest BCUT2D eigenvalue weighted by Crippen LogP contribution is 2.20. The van der Waals surface area contributed by atoms with Crippen molar-refractivity contribution in [3.63, 3.8) is 0 Å². The average molecular weight is 279 g/mol. The van der Waals surface area contributed by atoms with Gasteiger partial charge in [0.05, 0.1) is 7.11 Å². The van der Waals surface area contributed by atoms with Gasteiger partial charge in [-0.3, -0.25) is 0 Å². The van der Waals surface area contributed by atoms with Crippen molar-refractivity contribution >= 4 is 11.9 Å². The predicted molar refractivity (Wildman–Crippen MR) is 80.3 cm³/mol. The van der Waals surface area contributed by atoms with Gasteiger partial charge in [0.2, 0.25) is 11.9 Å². The van der Waals surface area contributed by atoms with Crippen LogP contribution in [0.4, 0.5) is 11.9 Å². The van der Waals surface area contributed by atoms with Gasteiger partial charge < -0.3 is 15.4 Å². The molecule has 2 rings (SSSR count). The first-order chi connectivity index (χ1) is 9.81. The molecule has 112 valence electrons. The molecule has 20 heavy (non-hydrogen) atoms. The van der Waals surface area contributed by atoms with Crippen molar-refractivity contribution in [2.45, 2.75) is 57.9 Å². The van der Waals surface area contributed by atoms with Gasteiger partial charge in [-0.1, -0.05) is 32.1 Å². The Labute approximate surface area is 120 Å². The molecule has 1 heterocycles. The number of methoxy groups -OCH3 is 1. The van der Waals surface area contributed by atoms with Crippen molar-refractivity contribution in [3.05, 3.63) is 0 Å². The Morgan fingerprint density at radius 2 is 1.65 bits per heavy atom. The van der Waals surface area contributed by atoms with E-state index in [1.807, 2.05) is 6.92 Å². The topological polar surface area (TPSA) is 72.0 Å². The molecule has 1 aromatic heterocycles. The molecule has 6 nitrogen and oxygen atoms in total. The largest absolute Gasteiger partial charge is 0.467 e. The maximum absolute atomic E-state index is 5.13. The standard InChI is InChI=1S/C14H25N5O/c1-3-15-12-17-13(19-14(18-12)20-2)16-11-9-7-5-4-6-8-10-11/h11H,3-10H2,1-2H3,(H2,15,16,17,18,19). The van der Waals surface area contributed by atoms with Crippen molar-refractivity contribution < 1.29 is 4.74 Å². The SMILES string of the molecule is CCNc1nc(NC2CCCCCCC2)nc(OC)n1. The summed E-state index contributed by atoms with van der Waals surface area (Å²) in [6.07, 6.45) is 8.97. The predicted octanol–water partition coefficient (Wildman–Crippen LogP) is 2.84. The number of hydrogen-bond donors (Lipinski definition) is 2. The zero-order chi connectivity index (χ0) is 14.2. The Hall–Kier alpha value is -1.59. The van der Waals surface area contributed by atoms with Gasteiger partial charge in [0.1, 0.15) is 0 Å². The molecule has 0 bridgehead atoms. The summed E-state index contributed by atoms with van der Waals surface area (Å²) < 4.78 is 5.13. The summed E-state index contributed by atoms with van der Waals surface area (Å²) in [6.45, 7) is 2.79. The third-order valence-corrected chi connectivity index (χ3v) is 3.57. The molecule has 0 aromatic carbocycles. The minimum absolute atomic E-state index is 0.351. The van der Waals surface area contributed by atoms with E-state index in [2.05, 4.69) is 25.6 Å². The second-order valence-electron chi connectivity index (χ2n) is 5.19. The van der Waals surface area contributed by atoms with E-state index in [1.165, 1.54) is 44.9 Å². The maximum Gasteiger partial charge on any atom is 0.322 e. The Bertz CT molecular complexity index is 405. The normalized spacial score (nSPS) is 17.1. The highest BCUT2D eigenvalue weighted by Gasteiger charge is 2.14. The molecule has 1 aromatic rings. The van der Waals surface area contributed by atoms with E-state index < -0.39 is 0 Å². The van der Waals surface area contributed by atoms with Crippen LogP contribution in [0.1, 0.15) is 51.9 Å². The zero-order valence-corrected chi connectivity index (χ0v) is 12.5.